The standard InChI is InChI=1S/C22H27FN2O2/c1-16(2)24-22(27)17(3)25(15-19-9-12-20(23)13-10-19)21(26)14-11-18-7-5-4-6-8-18/h4-10,12-13,16-17H,11,14-15H2,1-3H3,(H,24,27)/t17-/m0/s1. The second kappa shape index (κ2) is 9.86. The lowest BCUT2D eigenvalue weighted by atomic mass is 10.1. The number of carbonyl (C=O) groups is 2. The average molecular weight is 370 g/mol. The summed E-state index contributed by atoms with van der Waals surface area (Å²) in [6, 6.07) is 15.2. The van der Waals surface area contributed by atoms with Crippen molar-refractivity contribution >= 4 is 11.8 Å². The Labute approximate surface area is 160 Å². The molecule has 0 spiro atoms. The first-order valence-corrected chi connectivity index (χ1v) is 9.25. The number of hydrogen-bond acceptors (Lipinski definition) is 2. The lowest BCUT2D eigenvalue weighted by Gasteiger charge is -2.29. The van der Waals surface area contributed by atoms with E-state index < -0.39 is 6.04 Å². The predicted octanol–water partition coefficient (Wildman–Crippen LogP) is 3.70. The molecule has 2 aromatic carbocycles. The van der Waals surface area contributed by atoms with Crippen LogP contribution in [-0.2, 0) is 22.6 Å². The topological polar surface area (TPSA) is 49.4 Å². The molecule has 0 aliphatic heterocycles. The Kier molecular flexibility index (Phi) is 7.53. The summed E-state index contributed by atoms with van der Waals surface area (Å²) in [5, 5.41) is 2.85. The van der Waals surface area contributed by atoms with Gasteiger partial charge in [0.25, 0.3) is 0 Å². The summed E-state index contributed by atoms with van der Waals surface area (Å²) in [7, 11) is 0. The molecule has 0 unspecified atom stereocenters. The van der Waals surface area contributed by atoms with Crippen molar-refractivity contribution in [3.8, 4) is 0 Å². The van der Waals surface area contributed by atoms with Crippen LogP contribution in [0, 0.1) is 5.82 Å². The Bertz CT molecular complexity index is 745. The van der Waals surface area contributed by atoms with E-state index in [9.17, 15) is 14.0 Å². The zero-order chi connectivity index (χ0) is 19.8. The molecule has 0 saturated heterocycles. The fourth-order valence-electron chi connectivity index (χ4n) is 2.81. The number of carbonyl (C=O) groups excluding carboxylic acids is 2. The van der Waals surface area contributed by atoms with Crippen molar-refractivity contribution in [1.29, 1.82) is 0 Å². The van der Waals surface area contributed by atoms with E-state index >= 15 is 0 Å². The molecule has 144 valence electrons. The summed E-state index contributed by atoms with van der Waals surface area (Å²) in [6.45, 7) is 5.75. The van der Waals surface area contributed by atoms with E-state index in [0.717, 1.165) is 11.1 Å². The first-order valence-electron chi connectivity index (χ1n) is 9.25. The molecule has 2 rings (SSSR count). The molecule has 0 bridgehead atoms. The quantitative estimate of drug-likeness (QED) is 0.770. The van der Waals surface area contributed by atoms with Crippen LogP contribution < -0.4 is 5.32 Å². The van der Waals surface area contributed by atoms with E-state index in [0.29, 0.717) is 12.8 Å². The fraction of sp³-hybridized carbons (Fsp3) is 0.364. The molecule has 27 heavy (non-hydrogen) atoms. The van der Waals surface area contributed by atoms with E-state index in [1.807, 2.05) is 44.2 Å². The molecule has 0 fully saturated rings. The molecule has 4 nitrogen and oxygen atoms in total. The van der Waals surface area contributed by atoms with Gasteiger partial charge in [-0.3, -0.25) is 9.59 Å². The molecular weight excluding hydrogens is 343 g/mol. The predicted molar refractivity (Wildman–Crippen MR) is 104 cm³/mol. The minimum absolute atomic E-state index is 0.00737. The van der Waals surface area contributed by atoms with Gasteiger partial charge in [-0.1, -0.05) is 42.5 Å². The van der Waals surface area contributed by atoms with Crippen LogP contribution in [0.4, 0.5) is 4.39 Å². The second-order valence-electron chi connectivity index (χ2n) is 6.97. The molecule has 0 aliphatic carbocycles. The lowest BCUT2D eigenvalue weighted by Crippen LogP contribution is -2.49. The molecule has 1 atom stereocenters. The van der Waals surface area contributed by atoms with Crippen molar-refractivity contribution in [3.63, 3.8) is 0 Å². The summed E-state index contributed by atoms with van der Waals surface area (Å²) >= 11 is 0. The summed E-state index contributed by atoms with van der Waals surface area (Å²) in [4.78, 5) is 26.9. The van der Waals surface area contributed by atoms with Crippen molar-refractivity contribution in [2.45, 2.75) is 52.2 Å². The summed E-state index contributed by atoms with van der Waals surface area (Å²) in [6.07, 6.45) is 0.919. The van der Waals surface area contributed by atoms with Crippen molar-refractivity contribution in [1.82, 2.24) is 10.2 Å². The van der Waals surface area contributed by atoms with Gasteiger partial charge in [-0.25, -0.2) is 4.39 Å². The number of hydrogen-bond donors (Lipinski definition) is 1. The first kappa shape index (κ1) is 20.6. The Morgan fingerprint density at radius 3 is 2.19 bits per heavy atom. The molecule has 2 aromatic rings. The smallest absolute Gasteiger partial charge is 0.242 e. The van der Waals surface area contributed by atoms with Gasteiger partial charge in [-0.2, -0.15) is 0 Å². The van der Waals surface area contributed by atoms with Crippen molar-refractivity contribution in [2.75, 3.05) is 0 Å². The number of nitrogens with one attached hydrogen (secondary N) is 1. The van der Waals surface area contributed by atoms with Gasteiger partial charge in [0.1, 0.15) is 11.9 Å². The Hall–Kier alpha value is -2.69. The van der Waals surface area contributed by atoms with Crippen LogP contribution in [0.5, 0.6) is 0 Å². The van der Waals surface area contributed by atoms with Gasteiger partial charge >= 0.3 is 0 Å². The van der Waals surface area contributed by atoms with Gasteiger partial charge in [0.2, 0.25) is 11.8 Å². The highest BCUT2D eigenvalue weighted by molar-refractivity contribution is 5.87. The Morgan fingerprint density at radius 2 is 1.59 bits per heavy atom. The van der Waals surface area contributed by atoms with Crippen LogP contribution >= 0.6 is 0 Å². The maximum Gasteiger partial charge on any atom is 0.242 e. The second-order valence-corrected chi connectivity index (χ2v) is 6.97. The summed E-state index contributed by atoms with van der Waals surface area (Å²) < 4.78 is 13.2. The van der Waals surface area contributed by atoms with Gasteiger partial charge in [-0.15, -0.1) is 0 Å². The van der Waals surface area contributed by atoms with Gasteiger partial charge in [-0.05, 0) is 50.5 Å². The number of nitrogens with zero attached hydrogens (tertiary/aromatic N) is 1. The van der Waals surface area contributed by atoms with Crippen molar-refractivity contribution < 1.29 is 14.0 Å². The minimum Gasteiger partial charge on any atom is -0.352 e. The minimum atomic E-state index is -0.610. The fourth-order valence-corrected chi connectivity index (χ4v) is 2.81. The van der Waals surface area contributed by atoms with Gasteiger partial charge in [0.05, 0.1) is 0 Å². The van der Waals surface area contributed by atoms with Crippen LogP contribution in [-0.4, -0.2) is 28.8 Å². The third-order valence-electron chi connectivity index (χ3n) is 4.33. The number of aryl methyl sites for hydroxylation is 1. The highest BCUT2D eigenvalue weighted by Gasteiger charge is 2.26. The van der Waals surface area contributed by atoms with E-state index in [1.165, 1.54) is 12.1 Å². The van der Waals surface area contributed by atoms with Crippen LogP contribution in [0.25, 0.3) is 0 Å². The third kappa shape index (κ3) is 6.51. The van der Waals surface area contributed by atoms with E-state index in [-0.39, 0.29) is 30.2 Å². The van der Waals surface area contributed by atoms with Gasteiger partial charge in [0.15, 0.2) is 0 Å². The lowest BCUT2D eigenvalue weighted by molar-refractivity contribution is -0.140. The number of benzene rings is 2. The highest BCUT2D eigenvalue weighted by Crippen LogP contribution is 2.14. The molecule has 0 saturated carbocycles. The molecule has 0 aromatic heterocycles. The maximum atomic E-state index is 13.2. The number of halogens is 1. The van der Waals surface area contributed by atoms with Gasteiger partial charge < -0.3 is 10.2 Å². The van der Waals surface area contributed by atoms with Crippen LogP contribution in [0.3, 0.4) is 0 Å². The monoisotopic (exact) mass is 370 g/mol. The zero-order valence-electron chi connectivity index (χ0n) is 16.1. The van der Waals surface area contributed by atoms with Crippen molar-refractivity contribution in [2.24, 2.45) is 0 Å². The zero-order valence-corrected chi connectivity index (χ0v) is 16.1. The average Bonchev–Trinajstić information content (AvgIpc) is 2.65. The van der Waals surface area contributed by atoms with Gasteiger partial charge in [0, 0.05) is 19.0 Å². The largest absolute Gasteiger partial charge is 0.352 e. The molecule has 5 heteroatoms. The molecule has 0 radical (unpaired) electrons. The number of amides is 2. The Morgan fingerprint density at radius 1 is 0.963 bits per heavy atom. The van der Waals surface area contributed by atoms with E-state index in [1.54, 1.807) is 24.0 Å². The SMILES string of the molecule is CC(C)NC(=O)[C@H](C)N(Cc1ccc(F)cc1)C(=O)CCc1ccccc1. The molecule has 0 aliphatic rings. The number of rotatable bonds is 8. The molecule has 2 amide bonds. The summed E-state index contributed by atoms with van der Waals surface area (Å²) in [5.41, 5.74) is 1.86. The first-order chi connectivity index (χ1) is 12.9. The normalized spacial score (nSPS) is 11.9. The van der Waals surface area contributed by atoms with Crippen molar-refractivity contribution in [3.05, 3.63) is 71.5 Å². The van der Waals surface area contributed by atoms with Crippen LogP contribution in [0.15, 0.2) is 54.6 Å². The Balaban J connectivity index is 2.12. The molecule has 1 N–H and O–H groups in total. The van der Waals surface area contributed by atoms with E-state index in [2.05, 4.69) is 5.32 Å². The summed E-state index contributed by atoms with van der Waals surface area (Å²) in [5.74, 6) is -0.624. The van der Waals surface area contributed by atoms with E-state index in [4.69, 9.17) is 0 Å². The van der Waals surface area contributed by atoms with Crippen LogP contribution in [0.2, 0.25) is 0 Å². The maximum absolute atomic E-state index is 13.2. The van der Waals surface area contributed by atoms with Crippen LogP contribution in [0.1, 0.15) is 38.3 Å². The third-order valence-corrected chi connectivity index (χ3v) is 4.33. The highest BCUT2D eigenvalue weighted by atomic mass is 19.1. The molecular formula is C22H27FN2O2. The molecule has 0 heterocycles.